The first-order chi connectivity index (χ1) is 10.2. The number of likely N-dealkylation sites (tertiary alicyclic amines) is 1. The summed E-state index contributed by atoms with van der Waals surface area (Å²) in [6.07, 6.45) is 0.835. The molecule has 1 aliphatic heterocycles. The van der Waals surface area contributed by atoms with Crippen LogP contribution < -0.4 is 10.1 Å². The van der Waals surface area contributed by atoms with E-state index in [4.69, 9.17) is 4.74 Å². The van der Waals surface area contributed by atoms with Crippen molar-refractivity contribution in [3.63, 3.8) is 0 Å². The fourth-order valence-electron chi connectivity index (χ4n) is 2.30. The third-order valence-corrected chi connectivity index (χ3v) is 4.12. The van der Waals surface area contributed by atoms with E-state index in [0.717, 1.165) is 17.1 Å². The van der Waals surface area contributed by atoms with Crippen LogP contribution in [-0.2, 0) is 0 Å². The Morgan fingerprint density at radius 2 is 2.33 bits per heavy atom. The van der Waals surface area contributed by atoms with Gasteiger partial charge in [0, 0.05) is 24.7 Å². The number of anilines is 1. The molecule has 1 fully saturated rings. The highest BCUT2D eigenvalue weighted by atomic mass is 32.1. The fourth-order valence-corrected chi connectivity index (χ4v) is 2.90. The van der Waals surface area contributed by atoms with Gasteiger partial charge in [-0.05, 0) is 30.5 Å². The zero-order valence-corrected chi connectivity index (χ0v) is 12.6. The summed E-state index contributed by atoms with van der Waals surface area (Å²) in [5.41, 5.74) is 0.929. The van der Waals surface area contributed by atoms with Gasteiger partial charge in [0.25, 0.3) is 0 Å². The first-order valence-electron chi connectivity index (χ1n) is 6.90. The summed E-state index contributed by atoms with van der Waals surface area (Å²) in [5.74, 6) is 0.625. The van der Waals surface area contributed by atoms with Crippen LogP contribution in [-0.4, -0.2) is 35.1 Å². The number of amides is 2. The molecule has 6 heteroatoms. The minimum Gasteiger partial charge on any atom is -0.472 e. The van der Waals surface area contributed by atoms with E-state index >= 15 is 0 Å². The molecule has 1 atom stereocenters. The Kier molecular flexibility index (Phi) is 4.06. The second-order valence-electron chi connectivity index (χ2n) is 5.00. The van der Waals surface area contributed by atoms with Crippen LogP contribution in [0, 0.1) is 6.92 Å². The predicted octanol–water partition coefficient (Wildman–Crippen LogP) is 3.14. The van der Waals surface area contributed by atoms with Crippen molar-refractivity contribution >= 4 is 22.4 Å². The summed E-state index contributed by atoms with van der Waals surface area (Å²) in [6, 6.07) is 9.45. The third-order valence-electron chi connectivity index (χ3n) is 3.33. The molecule has 1 N–H and O–H groups in total. The van der Waals surface area contributed by atoms with Gasteiger partial charge in [-0.2, -0.15) is 0 Å². The van der Waals surface area contributed by atoms with Crippen molar-refractivity contribution in [1.29, 1.82) is 0 Å². The quantitative estimate of drug-likeness (QED) is 0.947. The number of nitrogens with one attached hydrogen (secondary N) is 1. The van der Waals surface area contributed by atoms with Gasteiger partial charge >= 0.3 is 6.03 Å². The van der Waals surface area contributed by atoms with Crippen molar-refractivity contribution < 1.29 is 9.53 Å². The van der Waals surface area contributed by atoms with Crippen molar-refractivity contribution in [3.05, 3.63) is 41.4 Å². The number of ether oxygens (including phenoxy) is 1. The Hall–Kier alpha value is -2.08. The summed E-state index contributed by atoms with van der Waals surface area (Å²) in [7, 11) is 0. The predicted molar refractivity (Wildman–Crippen MR) is 82.9 cm³/mol. The average molecular weight is 303 g/mol. The largest absolute Gasteiger partial charge is 0.472 e. The molecule has 3 rings (SSSR count). The van der Waals surface area contributed by atoms with E-state index in [-0.39, 0.29) is 12.1 Å². The van der Waals surface area contributed by atoms with Gasteiger partial charge in [-0.1, -0.05) is 6.07 Å². The molecule has 2 amide bonds. The smallest absolute Gasteiger partial charge is 0.322 e. The maximum absolute atomic E-state index is 12.1. The van der Waals surface area contributed by atoms with Gasteiger partial charge in [-0.3, -0.25) is 5.32 Å². The highest BCUT2D eigenvalue weighted by molar-refractivity contribution is 7.14. The number of carbonyl (C=O) groups excluding carboxylic acids is 1. The lowest BCUT2D eigenvalue weighted by molar-refractivity contribution is 0.190. The summed E-state index contributed by atoms with van der Waals surface area (Å²) < 4.78 is 5.84. The standard InChI is InChI=1S/C15H17N3O2S/c1-11-4-2-5-13(16-11)20-12-7-8-18(10-12)15(19)17-14-6-3-9-21-14/h2-6,9,12H,7-8,10H2,1H3,(H,17,19). The lowest BCUT2D eigenvalue weighted by Gasteiger charge is -2.17. The average Bonchev–Trinajstić information content (AvgIpc) is 3.10. The summed E-state index contributed by atoms with van der Waals surface area (Å²) in [5, 5.41) is 5.70. The van der Waals surface area contributed by atoms with Crippen LogP contribution in [0.25, 0.3) is 0 Å². The van der Waals surface area contributed by atoms with Gasteiger partial charge in [0.1, 0.15) is 6.10 Å². The molecule has 2 aromatic heterocycles. The molecule has 0 aliphatic carbocycles. The van der Waals surface area contributed by atoms with Crippen molar-refractivity contribution in [2.45, 2.75) is 19.4 Å². The SMILES string of the molecule is Cc1cccc(OC2CCN(C(=O)Nc3cccs3)C2)n1. The molecule has 0 radical (unpaired) electrons. The Balaban J connectivity index is 1.54. The van der Waals surface area contributed by atoms with E-state index in [2.05, 4.69) is 10.3 Å². The molecule has 0 spiro atoms. The monoisotopic (exact) mass is 303 g/mol. The summed E-state index contributed by atoms with van der Waals surface area (Å²) in [4.78, 5) is 18.2. The Bertz CT molecular complexity index is 615. The minimum atomic E-state index is -0.0687. The molecule has 1 unspecified atom stereocenters. The number of rotatable bonds is 3. The highest BCUT2D eigenvalue weighted by Crippen LogP contribution is 2.20. The molecule has 21 heavy (non-hydrogen) atoms. The number of carbonyl (C=O) groups is 1. The van der Waals surface area contributed by atoms with Gasteiger partial charge in [-0.25, -0.2) is 9.78 Å². The van der Waals surface area contributed by atoms with Gasteiger partial charge in [-0.15, -0.1) is 11.3 Å². The van der Waals surface area contributed by atoms with Crippen molar-refractivity contribution in [2.75, 3.05) is 18.4 Å². The van der Waals surface area contributed by atoms with Crippen LogP contribution in [0.3, 0.4) is 0 Å². The van der Waals surface area contributed by atoms with Gasteiger partial charge in [0.05, 0.1) is 11.5 Å². The van der Waals surface area contributed by atoms with Crippen LogP contribution in [0.5, 0.6) is 5.88 Å². The lowest BCUT2D eigenvalue weighted by atomic mass is 10.3. The molecular formula is C15H17N3O2S. The molecule has 5 nitrogen and oxygen atoms in total. The molecule has 1 saturated heterocycles. The molecule has 110 valence electrons. The fraction of sp³-hybridized carbons (Fsp3) is 0.333. The van der Waals surface area contributed by atoms with Crippen LogP contribution in [0.2, 0.25) is 0 Å². The van der Waals surface area contributed by atoms with Crippen molar-refractivity contribution in [1.82, 2.24) is 9.88 Å². The Morgan fingerprint density at radius 3 is 3.10 bits per heavy atom. The minimum absolute atomic E-state index is 0.00776. The second-order valence-corrected chi connectivity index (χ2v) is 5.95. The van der Waals surface area contributed by atoms with Crippen molar-refractivity contribution in [3.8, 4) is 5.88 Å². The zero-order valence-electron chi connectivity index (χ0n) is 11.8. The molecule has 0 aromatic carbocycles. The van der Waals surface area contributed by atoms with Crippen LogP contribution in [0.1, 0.15) is 12.1 Å². The maximum atomic E-state index is 12.1. The lowest BCUT2D eigenvalue weighted by Crippen LogP contribution is -2.34. The molecule has 0 bridgehead atoms. The number of urea groups is 1. The van der Waals surface area contributed by atoms with E-state index in [1.165, 1.54) is 11.3 Å². The summed E-state index contributed by atoms with van der Waals surface area (Å²) >= 11 is 1.52. The first-order valence-corrected chi connectivity index (χ1v) is 7.78. The highest BCUT2D eigenvalue weighted by Gasteiger charge is 2.28. The third kappa shape index (κ3) is 3.52. The zero-order chi connectivity index (χ0) is 14.7. The Labute approximate surface area is 127 Å². The Morgan fingerprint density at radius 1 is 1.43 bits per heavy atom. The first kappa shape index (κ1) is 13.9. The number of hydrogen-bond acceptors (Lipinski definition) is 4. The van der Waals surface area contributed by atoms with Gasteiger partial charge in [0.2, 0.25) is 5.88 Å². The van der Waals surface area contributed by atoms with E-state index in [1.807, 2.05) is 42.6 Å². The van der Waals surface area contributed by atoms with Crippen LogP contribution >= 0.6 is 11.3 Å². The second kappa shape index (κ2) is 6.13. The van der Waals surface area contributed by atoms with E-state index in [1.54, 1.807) is 4.90 Å². The van der Waals surface area contributed by atoms with Crippen LogP contribution in [0.4, 0.5) is 9.80 Å². The molecule has 0 saturated carbocycles. The number of aromatic nitrogens is 1. The number of aryl methyl sites for hydroxylation is 1. The van der Waals surface area contributed by atoms with Crippen molar-refractivity contribution in [2.24, 2.45) is 0 Å². The van der Waals surface area contributed by atoms with Gasteiger partial charge in [0.15, 0.2) is 0 Å². The number of pyridine rings is 1. The normalized spacial score (nSPS) is 17.8. The topological polar surface area (TPSA) is 54.5 Å². The van der Waals surface area contributed by atoms with E-state index < -0.39 is 0 Å². The van der Waals surface area contributed by atoms with E-state index in [0.29, 0.717) is 19.0 Å². The molecular weight excluding hydrogens is 286 g/mol. The molecule has 1 aliphatic rings. The summed E-state index contributed by atoms with van der Waals surface area (Å²) in [6.45, 7) is 3.23. The molecule has 2 aromatic rings. The van der Waals surface area contributed by atoms with Gasteiger partial charge < -0.3 is 9.64 Å². The van der Waals surface area contributed by atoms with E-state index in [9.17, 15) is 4.79 Å². The number of thiophene rings is 1. The number of nitrogens with zero attached hydrogens (tertiary/aromatic N) is 2. The van der Waals surface area contributed by atoms with Crippen LogP contribution in [0.15, 0.2) is 35.7 Å². The maximum Gasteiger partial charge on any atom is 0.322 e. The molecule has 3 heterocycles. The number of hydrogen-bond donors (Lipinski definition) is 1.